The van der Waals surface area contributed by atoms with Crippen LogP contribution in [0.25, 0.3) is 0 Å². The van der Waals surface area contributed by atoms with E-state index in [1.807, 2.05) is 11.8 Å². The molecule has 0 aromatic heterocycles. The zero-order chi connectivity index (χ0) is 9.68. The van der Waals surface area contributed by atoms with Gasteiger partial charge in [-0.3, -0.25) is 4.79 Å². The van der Waals surface area contributed by atoms with E-state index in [1.165, 1.54) is 25.7 Å². The molecule has 1 aliphatic carbocycles. The van der Waals surface area contributed by atoms with Crippen molar-refractivity contribution in [3.8, 4) is 0 Å². The number of aliphatic carboxylic acids is 1. The molecule has 0 radical (unpaired) electrons. The highest BCUT2D eigenvalue weighted by molar-refractivity contribution is 8.00. The second kappa shape index (κ2) is 5.53. The van der Waals surface area contributed by atoms with Gasteiger partial charge in [-0.15, -0.1) is 0 Å². The minimum Gasteiger partial charge on any atom is -0.481 e. The largest absolute Gasteiger partial charge is 0.481 e. The summed E-state index contributed by atoms with van der Waals surface area (Å²) in [6.45, 7) is 2.14. The molecule has 3 heteroatoms. The minimum atomic E-state index is -0.668. The first kappa shape index (κ1) is 10.9. The summed E-state index contributed by atoms with van der Waals surface area (Å²) in [7, 11) is 0. The summed E-state index contributed by atoms with van der Waals surface area (Å²) < 4.78 is 0. The highest BCUT2D eigenvalue weighted by atomic mass is 32.2. The average Bonchev–Trinajstić information content (AvgIpc) is 2.53. The Hall–Kier alpha value is -0.180. The minimum absolute atomic E-state index is 0.320. The maximum atomic E-state index is 10.3. The number of hydrogen-bond acceptors (Lipinski definition) is 2. The zero-order valence-corrected chi connectivity index (χ0v) is 8.98. The fraction of sp³-hybridized carbons (Fsp3) is 0.900. The Morgan fingerprint density at radius 1 is 1.54 bits per heavy atom. The molecule has 0 aromatic carbocycles. The predicted octanol–water partition coefficient (Wildman–Crippen LogP) is 2.92. The first-order valence-corrected chi connectivity index (χ1v) is 6.00. The van der Waals surface area contributed by atoms with Crippen molar-refractivity contribution in [2.45, 2.75) is 55.9 Å². The maximum Gasteiger partial charge on any atom is 0.303 e. The van der Waals surface area contributed by atoms with Gasteiger partial charge in [-0.05, 0) is 19.3 Å². The second-order valence-electron chi connectivity index (χ2n) is 3.79. The lowest BCUT2D eigenvalue weighted by atomic mass is 10.2. The summed E-state index contributed by atoms with van der Waals surface area (Å²) in [5.74, 6) is -0.668. The second-order valence-corrected chi connectivity index (χ2v) is 5.53. The van der Waals surface area contributed by atoms with Gasteiger partial charge in [-0.2, -0.15) is 11.8 Å². The van der Waals surface area contributed by atoms with Crippen molar-refractivity contribution in [3.63, 3.8) is 0 Å². The van der Waals surface area contributed by atoms with Crippen molar-refractivity contribution in [3.05, 3.63) is 0 Å². The molecule has 0 saturated heterocycles. The molecule has 0 spiro atoms. The quantitative estimate of drug-likeness (QED) is 0.744. The van der Waals surface area contributed by atoms with E-state index in [1.54, 1.807) is 0 Å². The van der Waals surface area contributed by atoms with Gasteiger partial charge in [0.05, 0.1) is 0 Å². The Morgan fingerprint density at radius 2 is 2.15 bits per heavy atom. The fourth-order valence-electron chi connectivity index (χ4n) is 1.75. The third kappa shape index (κ3) is 4.55. The number of carboxylic acid groups (broad SMARTS) is 1. The van der Waals surface area contributed by atoms with Crippen LogP contribution < -0.4 is 0 Å². The smallest absolute Gasteiger partial charge is 0.303 e. The predicted molar refractivity (Wildman–Crippen MR) is 56.2 cm³/mol. The van der Waals surface area contributed by atoms with Gasteiger partial charge in [0, 0.05) is 16.9 Å². The molecule has 0 amide bonds. The lowest BCUT2D eigenvalue weighted by molar-refractivity contribution is -0.137. The molecule has 76 valence electrons. The van der Waals surface area contributed by atoms with Crippen LogP contribution in [0.15, 0.2) is 0 Å². The normalized spacial score (nSPS) is 20.4. The lowest BCUT2D eigenvalue weighted by Crippen LogP contribution is -2.07. The van der Waals surface area contributed by atoms with E-state index in [2.05, 4.69) is 6.92 Å². The van der Waals surface area contributed by atoms with Crippen LogP contribution in [-0.4, -0.2) is 21.6 Å². The number of carbonyl (C=O) groups is 1. The molecule has 13 heavy (non-hydrogen) atoms. The van der Waals surface area contributed by atoms with Crippen LogP contribution in [0, 0.1) is 0 Å². The van der Waals surface area contributed by atoms with Gasteiger partial charge >= 0.3 is 5.97 Å². The van der Waals surface area contributed by atoms with Crippen LogP contribution in [0.5, 0.6) is 0 Å². The Balaban J connectivity index is 2.09. The van der Waals surface area contributed by atoms with Gasteiger partial charge in [0.25, 0.3) is 0 Å². The van der Waals surface area contributed by atoms with Crippen molar-refractivity contribution < 1.29 is 9.90 Å². The SMILES string of the molecule is CC(CCC(=O)O)SC1CCCC1. The van der Waals surface area contributed by atoms with E-state index in [0.29, 0.717) is 11.7 Å². The molecule has 0 bridgehead atoms. The third-order valence-corrected chi connectivity index (χ3v) is 4.05. The first-order chi connectivity index (χ1) is 6.18. The summed E-state index contributed by atoms with van der Waals surface area (Å²) in [6, 6.07) is 0. The van der Waals surface area contributed by atoms with Crippen LogP contribution in [0.3, 0.4) is 0 Å². The van der Waals surface area contributed by atoms with E-state index in [4.69, 9.17) is 5.11 Å². The van der Waals surface area contributed by atoms with Gasteiger partial charge in [-0.25, -0.2) is 0 Å². The third-order valence-electron chi connectivity index (χ3n) is 2.49. The van der Waals surface area contributed by atoms with Crippen LogP contribution in [0.2, 0.25) is 0 Å². The average molecular weight is 202 g/mol. The highest BCUT2D eigenvalue weighted by Crippen LogP contribution is 2.33. The van der Waals surface area contributed by atoms with Gasteiger partial charge < -0.3 is 5.11 Å². The highest BCUT2D eigenvalue weighted by Gasteiger charge is 2.18. The Labute approximate surface area is 84.1 Å². The van der Waals surface area contributed by atoms with Gasteiger partial charge in [0.15, 0.2) is 0 Å². The van der Waals surface area contributed by atoms with Crippen molar-refractivity contribution in [2.75, 3.05) is 0 Å². The molecule has 1 N–H and O–H groups in total. The van der Waals surface area contributed by atoms with Crippen LogP contribution >= 0.6 is 11.8 Å². The molecule has 1 fully saturated rings. The topological polar surface area (TPSA) is 37.3 Å². The monoisotopic (exact) mass is 202 g/mol. The van der Waals surface area contributed by atoms with Crippen molar-refractivity contribution in [2.24, 2.45) is 0 Å². The summed E-state index contributed by atoms with van der Waals surface area (Å²) >= 11 is 1.99. The van der Waals surface area contributed by atoms with Crippen molar-refractivity contribution >= 4 is 17.7 Å². The molecule has 1 atom stereocenters. The molecular formula is C10H18O2S. The number of carboxylic acids is 1. The maximum absolute atomic E-state index is 10.3. The van der Waals surface area contributed by atoms with Crippen LogP contribution in [0.4, 0.5) is 0 Å². The summed E-state index contributed by atoms with van der Waals surface area (Å²) in [5, 5.41) is 9.84. The van der Waals surface area contributed by atoms with Crippen molar-refractivity contribution in [1.29, 1.82) is 0 Å². The van der Waals surface area contributed by atoms with E-state index in [-0.39, 0.29) is 0 Å². The van der Waals surface area contributed by atoms with Crippen molar-refractivity contribution in [1.82, 2.24) is 0 Å². The van der Waals surface area contributed by atoms with Gasteiger partial charge in [0.1, 0.15) is 0 Å². The molecule has 1 saturated carbocycles. The fourth-order valence-corrected chi connectivity index (χ4v) is 3.26. The zero-order valence-electron chi connectivity index (χ0n) is 8.16. The number of hydrogen-bond donors (Lipinski definition) is 1. The molecule has 1 rings (SSSR count). The summed E-state index contributed by atoms with van der Waals surface area (Å²) in [6.07, 6.45) is 6.54. The Bertz CT molecular complexity index is 164. The molecular weight excluding hydrogens is 184 g/mol. The molecule has 0 heterocycles. The molecule has 1 aliphatic rings. The first-order valence-electron chi connectivity index (χ1n) is 5.05. The summed E-state index contributed by atoms with van der Waals surface area (Å²) in [4.78, 5) is 10.3. The molecule has 0 aliphatic heterocycles. The number of rotatable bonds is 5. The Kier molecular flexibility index (Phi) is 4.64. The summed E-state index contributed by atoms with van der Waals surface area (Å²) in [5.41, 5.74) is 0. The van der Waals surface area contributed by atoms with Gasteiger partial charge in [0.2, 0.25) is 0 Å². The molecule has 0 aromatic rings. The van der Waals surface area contributed by atoms with E-state index in [0.717, 1.165) is 11.7 Å². The molecule has 1 unspecified atom stereocenters. The number of thioether (sulfide) groups is 1. The standard InChI is InChI=1S/C10H18O2S/c1-8(6-7-10(11)12)13-9-4-2-3-5-9/h8-9H,2-7H2,1H3,(H,11,12). The lowest BCUT2D eigenvalue weighted by Gasteiger charge is -2.14. The van der Waals surface area contributed by atoms with E-state index >= 15 is 0 Å². The van der Waals surface area contributed by atoms with E-state index < -0.39 is 5.97 Å². The van der Waals surface area contributed by atoms with Crippen LogP contribution in [0.1, 0.15) is 45.4 Å². The van der Waals surface area contributed by atoms with Crippen LogP contribution in [-0.2, 0) is 4.79 Å². The molecule has 2 nitrogen and oxygen atoms in total. The van der Waals surface area contributed by atoms with E-state index in [9.17, 15) is 4.79 Å². The Morgan fingerprint density at radius 3 is 2.69 bits per heavy atom. The van der Waals surface area contributed by atoms with Gasteiger partial charge in [-0.1, -0.05) is 19.8 Å².